The summed E-state index contributed by atoms with van der Waals surface area (Å²) in [6.45, 7) is 1.93. The molecule has 20 heavy (non-hydrogen) atoms. The number of hydrogen-bond acceptors (Lipinski definition) is 2. The van der Waals surface area contributed by atoms with Crippen LogP contribution in [0.4, 0.5) is 4.39 Å². The van der Waals surface area contributed by atoms with E-state index in [4.69, 9.17) is 17.4 Å². The van der Waals surface area contributed by atoms with Gasteiger partial charge in [-0.3, -0.25) is 11.3 Å². The smallest absolute Gasteiger partial charge is 0.127 e. The van der Waals surface area contributed by atoms with Gasteiger partial charge in [0.15, 0.2) is 0 Å². The Kier molecular flexibility index (Phi) is 5.16. The minimum Gasteiger partial charge on any atom is -0.271 e. The third kappa shape index (κ3) is 3.38. The van der Waals surface area contributed by atoms with Crippen LogP contribution in [0.1, 0.15) is 22.7 Å². The molecule has 0 bridgehead atoms. The van der Waals surface area contributed by atoms with E-state index in [1.54, 1.807) is 6.07 Å². The Morgan fingerprint density at radius 2 is 2.10 bits per heavy atom. The van der Waals surface area contributed by atoms with E-state index in [1.165, 1.54) is 6.07 Å². The van der Waals surface area contributed by atoms with Crippen LogP contribution in [0.15, 0.2) is 40.9 Å². The van der Waals surface area contributed by atoms with Gasteiger partial charge >= 0.3 is 0 Å². The molecule has 2 aromatic carbocycles. The molecule has 0 saturated carbocycles. The molecule has 0 aromatic heterocycles. The fourth-order valence-electron chi connectivity index (χ4n) is 2.11. The topological polar surface area (TPSA) is 38.0 Å². The first kappa shape index (κ1) is 15.4. The van der Waals surface area contributed by atoms with Gasteiger partial charge in [0.2, 0.25) is 0 Å². The molecule has 0 aliphatic carbocycles. The summed E-state index contributed by atoms with van der Waals surface area (Å²) in [5, 5.41) is 0.660. The van der Waals surface area contributed by atoms with Crippen LogP contribution in [0, 0.1) is 12.7 Å². The predicted octanol–water partition coefficient (Wildman–Crippen LogP) is 4.30. The lowest BCUT2D eigenvalue weighted by molar-refractivity contribution is 0.529. The van der Waals surface area contributed by atoms with E-state index in [9.17, 15) is 4.39 Å². The highest BCUT2D eigenvalue weighted by Crippen LogP contribution is 2.29. The largest absolute Gasteiger partial charge is 0.271 e. The van der Waals surface area contributed by atoms with Crippen LogP contribution in [0.3, 0.4) is 0 Å². The van der Waals surface area contributed by atoms with Gasteiger partial charge in [-0.2, -0.15) is 0 Å². The SMILES string of the molecule is Cc1cccc(C(Cc2ccc(Br)cc2F)NN)c1Cl. The van der Waals surface area contributed by atoms with Crippen molar-refractivity contribution in [3.8, 4) is 0 Å². The number of rotatable bonds is 4. The lowest BCUT2D eigenvalue weighted by Crippen LogP contribution is -2.30. The van der Waals surface area contributed by atoms with Crippen LogP contribution in [0.2, 0.25) is 5.02 Å². The average molecular weight is 358 g/mol. The van der Waals surface area contributed by atoms with E-state index >= 15 is 0 Å². The van der Waals surface area contributed by atoms with E-state index in [0.29, 0.717) is 21.5 Å². The molecule has 0 aliphatic rings. The zero-order valence-electron chi connectivity index (χ0n) is 11.0. The summed E-state index contributed by atoms with van der Waals surface area (Å²) in [6.07, 6.45) is 0.429. The van der Waals surface area contributed by atoms with Crippen molar-refractivity contribution in [2.24, 2.45) is 5.84 Å². The van der Waals surface area contributed by atoms with Gasteiger partial charge in [0, 0.05) is 9.50 Å². The molecule has 0 heterocycles. The Hall–Kier alpha value is -0.940. The van der Waals surface area contributed by atoms with Crippen LogP contribution >= 0.6 is 27.5 Å². The average Bonchev–Trinajstić information content (AvgIpc) is 2.42. The zero-order chi connectivity index (χ0) is 14.7. The second kappa shape index (κ2) is 6.68. The Morgan fingerprint density at radius 3 is 2.75 bits per heavy atom. The maximum atomic E-state index is 13.9. The van der Waals surface area contributed by atoms with Crippen molar-refractivity contribution in [2.75, 3.05) is 0 Å². The maximum Gasteiger partial charge on any atom is 0.127 e. The first-order chi connectivity index (χ1) is 9.52. The van der Waals surface area contributed by atoms with Gasteiger partial charge in [-0.05, 0) is 42.2 Å². The van der Waals surface area contributed by atoms with Crippen molar-refractivity contribution in [3.63, 3.8) is 0 Å². The highest BCUT2D eigenvalue weighted by Gasteiger charge is 2.17. The van der Waals surface area contributed by atoms with E-state index in [2.05, 4.69) is 21.4 Å². The van der Waals surface area contributed by atoms with Crippen LogP contribution in [0.5, 0.6) is 0 Å². The highest BCUT2D eigenvalue weighted by molar-refractivity contribution is 9.10. The number of hydrogen-bond donors (Lipinski definition) is 2. The van der Waals surface area contributed by atoms with Crippen molar-refractivity contribution >= 4 is 27.5 Å². The number of aryl methyl sites for hydroxylation is 1. The number of nitrogens with one attached hydrogen (secondary N) is 1. The molecule has 0 fully saturated rings. The van der Waals surface area contributed by atoms with E-state index in [0.717, 1.165) is 11.1 Å². The molecule has 0 amide bonds. The number of hydrazine groups is 1. The van der Waals surface area contributed by atoms with Gasteiger partial charge in [-0.1, -0.05) is 51.8 Å². The fraction of sp³-hybridized carbons (Fsp3) is 0.200. The summed E-state index contributed by atoms with van der Waals surface area (Å²) < 4.78 is 14.6. The molecule has 2 aromatic rings. The Morgan fingerprint density at radius 1 is 1.35 bits per heavy atom. The molecule has 2 rings (SSSR count). The van der Waals surface area contributed by atoms with E-state index in [1.807, 2.05) is 31.2 Å². The van der Waals surface area contributed by atoms with Crippen molar-refractivity contribution in [3.05, 3.63) is 68.4 Å². The summed E-state index contributed by atoms with van der Waals surface area (Å²) in [5.41, 5.74) is 5.15. The Balaban J connectivity index is 2.31. The van der Waals surface area contributed by atoms with Gasteiger partial charge in [-0.15, -0.1) is 0 Å². The maximum absolute atomic E-state index is 13.9. The monoisotopic (exact) mass is 356 g/mol. The summed E-state index contributed by atoms with van der Waals surface area (Å²) in [7, 11) is 0. The van der Waals surface area contributed by atoms with Gasteiger partial charge in [0.1, 0.15) is 5.82 Å². The van der Waals surface area contributed by atoms with Crippen LogP contribution in [-0.4, -0.2) is 0 Å². The first-order valence-electron chi connectivity index (χ1n) is 6.18. The number of nitrogens with two attached hydrogens (primary N) is 1. The summed E-state index contributed by atoms with van der Waals surface area (Å²) in [6, 6.07) is 10.5. The minimum atomic E-state index is -0.261. The summed E-state index contributed by atoms with van der Waals surface area (Å²) in [4.78, 5) is 0. The number of benzene rings is 2. The van der Waals surface area contributed by atoms with Crippen molar-refractivity contribution in [1.29, 1.82) is 0 Å². The molecule has 0 spiro atoms. The molecule has 2 nitrogen and oxygen atoms in total. The van der Waals surface area contributed by atoms with Gasteiger partial charge in [-0.25, -0.2) is 4.39 Å². The predicted molar refractivity (Wildman–Crippen MR) is 84.1 cm³/mol. The fourth-order valence-corrected chi connectivity index (χ4v) is 2.70. The minimum absolute atomic E-state index is 0.238. The third-order valence-electron chi connectivity index (χ3n) is 3.24. The van der Waals surface area contributed by atoms with Gasteiger partial charge in [0.05, 0.1) is 6.04 Å². The Labute approximate surface area is 131 Å². The summed E-state index contributed by atoms with van der Waals surface area (Å²) in [5.74, 6) is 5.35. The summed E-state index contributed by atoms with van der Waals surface area (Å²) >= 11 is 9.55. The van der Waals surface area contributed by atoms with Crippen molar-refractivity contribution in [1.82, 2.24) is 5.43 Å². The van der Waals surface area contributed by atoms with E-state index < -0.39 is 0 Å². The quantitative estimate of drug-likeness (QED) is 0.632. The lowest BCUT2D eigenvalue weighted by atomic mass is 9.97. The third-order valence-corrected chi connectivity index (χ3v) is 4.25. The Bertz CT molecular complexity index is 619. The second-order valence-corrected chi connectivity index (χ2v) is 5.93. The van der Waals surface area contributed by atoms with E-state index in [-0.39, 0.29) is 11.9 Å². The zero-order valence-corrected chi connectivity index (χ0v) is 13.3. The molecule has 5 heteroatoms. The molecule has 3 N–H and O–H groups in total. The number of halogens is 3. The molecule has 0 radical (unpaired) electrons. The van der Waals surface area contributed by atoms with Gasteiger partial charge < -0.3 is 0 Å². The standard InChI is InChI=1S/C15H15BrClFN2/c1-9-3-2-4-12(15(9)17)14(20-19)7-10-5-6-11(16)8-13(10)18/h2-6,8,14,20H,7,19H2,1H3. The van der Waals surface area contributed by atoms with Crippen LogP contribution in [-0.2, 0) is 6.42 Å². The first-order valence-corrected chi connectivity index (χ1v) is 7.35. The molecule has 1 unspecified atom stereocenters. The van der Waals surface area contributed by atoms with Crippen molar-refractivity contribution in [2.45, 2.75) is 19.4 Å². The second-order valence-electron chi connectivity index (χ2n) is 4.64. The van der Waals surface area contributed by atoms with Crippen LogP contribution in [0.25, 0.3) is 0 Å². The lowest BCUT2D eigenvalue weighted by Gasteiger charge is -2.19. The molecule has 0 saturated heterocycles. The molecule has 106 valence electrons. The van der Waals surface area contributed by atoms with Crippen molar-refractivity contribution < 1.29 is 4.39 Å². The van der Waals surface area contributed by atoms with Crippen LogP contribution < -0.4 is 11.3 Å². The van der Waals surface area contributed by atoms with Gasteiger partial charge in [0.25, 0.3) is 0 Å². The molecule has 1 atom stereocenters. The molecular weight excluding hydrogens is 343 g/mol. The normalized spacial score (nSPS) is 12.4. The molecular formula is C15H15BrClFN2. The highest BCUT2D eigenvalue weighted by atomic mass is 79.9. The molecule has 0 aliphatic heterocycles.